The minimum atomic E-state index is 0.709. The van der Waals surface area contributed by atoms with Crippen LogP contribution in [0.5, 0.6) is 11.5 Å². The van der Waals surface area contributed by atoms with Gasteiger partial charge in [-0.2, -0.15) is 0 Å². The van der Waals surface area contributed by atoms with Crippen molar-refractivity contribution in [3.8, 4) is 22.8 Å². The smallest absolute Gasteiger partial charge is 0.210 e. The maximum absolute atomic E-state index is 6.20. The predicted molar refractivity (Wildman–Crippen MR) is 124 cm³/mol. The van der Waals surface area contributed by atoms with Gasteiger partial charge in [-0.25, -0.2) is 9.98 Å². The molecule has 0 saturated carbocycles. The van der Waals surface area contributed by atoms with Gasteiger partial charge in [0.05, 0.1) is 29.8 Å². The second-order valence-electron chi connectivity index (χ2n) is 7.12. The van der Waals surface area contributed by atoms with E-state index in [4.69, 9.17) is 23.9 Å². The SMILES string of the molecule is COc1ccc(-c2c/c(=N\c3nc4c(C)cccc4s3)c3cc(OC)ccc3o2)cc1. The number of aromatic nitrogens is 1. The van der Waals surface area contributed by atoms with Crippen LogP contribution in [0.25, 0.3) is 32.5 Å². The van der Waals surface area contributed by atoms with Gasteiger partial charge < -0.3 is 13.9 Å². The van der Waals surface area contributed by atoms with E-state index >= 15 is 0 Å². The van der Waals surface area contributed by atoms with Gasteiger partial charge in [-0.1, -0.05) is 23.5 Å². The molecule has 3 aromatic carbocycles. The van der Waals surface area contributed by atoms with Crippen molar-refractivity contribution in [2.75, 3.05) is 14.2 Å². The summed E-state index contributed by atoms with van der Waals surface area (Å²) in [5, 5.41) is 2.36. The number of ether oxygens (including phenoxy) is 2. The van der Waals surface area contributed by atoms with Crippen molar-refractivity contribution in [3.63, 3.8) is 0 Å². The molecule has 2 heterocycles. The first kappa shape index (κ1) is 19.3. The summed E-state index contributed by atoms with van der Waals surface area (Å²) in [6.07, 6.45) is 0. The predicted octanol–water partition coefficient (Wildman–Crippen LogP) is 6.27. The average Bonchev–Trinajstić information content (AvgIpc) is 3.22. The van der Waals surface area contributed by atoms with E-state index < -0.39 is 0 Å². The molecule has 2 aromatic heterocycles. The molecule has 0 bridgehead atoms. The third-order valence-electron chi connectivity index (χ3n) is 5.15. The Bertz CT molecular complexity index is 1470. The van der Waals surface area contributed by atoms with Crippen LogP contribution in [0.4, 0.5) is 5.13 Å². The van der Waals surface area contributed by atoms with Crippen molar-refractivity contribution in [1.29, 1.82) is 0 Å². The molecule has 154 valence electrons. The van der Waals surface area contributed by atoms with Crippen LogP contribution < -0.4 is 14.8 Å². The third-order valence-corrected chi connectivity index (χ3v) is 6.06. The van der Waals surface area contributed by atoms with Gasteiger partial charge in [0.2, 0.25) is 5.13 Å². The monoisotopic (exact) mass is 428 g/mol. The molecule has 0 atom stereocenters. The van der Waals surface area contributed by atoms with E-state index in [1.54, 1.807) is 25.6 Å². The molecule has 31 heavy (non-hydrogen) atoms. The third kappa shape index (κ3) is 3.66. The molecule has 0 saturated heterocycles. The molecule has 5 aromatic rings. The van der Waals surface area contributed by atoms with E-state index in [-0.39, 0.29) is 0 Å². The lowest BCUT2D eigenvalue weighted by Crippen LogP contribution is -2.03. The number of aryl methyl sites for hydroxylation is 1. The molecular weight excluding hydrogens is 408 g/mol. The zero-order valence-electron chi connectivity index (χ0n) is 17.4. The molecule has 0 aliphatic carbocycles. The van der Waals surface area contributed by atoms with Crippen molar-refractivity contribution in [2.24, 2.45) is 4.99 Å². The average molecular weight is 429 g/mol. The quantitative estimate of drug-likeness (QED) is 0.339. The van der Waals surface area contributed by atoms with Gasteiger partial charge in [0.15, 0.2) is 0 Å². The second-order valence-corrected chi connectivity index (χ2v) is 8.13. The van der Waals surface area contributed by atoms with E-state index in [2.05, 4.69) is 19.1 Å². The molecule has 0 radical (unpaired) electrons. The molecular formula is C25H20N2O3S. The number of benzene rings is 3. The fourth-order valence-corrected chi connectivity index (χ4v) is 4.42. The first-order valence-corrected chi connectivity index (χ1v) is 10.6. The Morgan fingerprint density at radius 2 is 1.68 bits per heavy atom. The zero-order chi connectivity index (χ0) is 21.4. The number of rotatable bonds is 4. The standard InChI is InChI=1S/C25H20N2O3S/c1-15-5-4-6-23-24(15)27-25(31-23)26-20-14-22(16-7-9-17(28-2)10-8-16)30-21-12-11-18(29-3)13-19(20)21/h4-14H,1-3H3/b26-20+. The van der Waals surface area contributed by atoms with Crippen molar-refractivity contribution < 1.29 is 13.9 Å². The number of para-hydroxylation sites is 1. The lowest BCUT2D eigenvalue weighted by atomic mass is 10.1. The van der Waals surface area contributed by atoms with Gasteiger partial charge in [0.25, 0.3) is 0 Å². The van der Waals surface area contributed by atoms with Crippen LogP contribution >= 0.6 is 11.3 Å². The van der Waals surface area contributed by atoms with Crippen LogP contribution in [-0.4, -0.2) is 19.2 Å². The zero-order valence-corrected chi connectivity index (χ0v) is 18.2. The fraction of sp³-hybridized carbons (Fsp3) is 0.120. The highest BCUT2D eigenvalue weighted by Crippen LogP contribution is 2.31. The number of hydrogen-bond acceptors (Lipinski definition) is 6. The van der Waals surface area contributed by atoms with Crippen LogP contribution in [0.15, 0.2) is 76.1 Å². The van der Waals surface area contributed by atoms with Crippen molar-refractivity contribution >= 4 is 37.7 Å². The molecule has 5 rings (SSSR count). The molecule has 0 spiro atoms. The molecule has 0 fully saturated rings. The van der Waals surface area contributed by atoms with Crippen LogP contribution in [0.3, 0.4) is 0 Å². The van der Waals surface area contributed by atoms with E-state index in [0.717, 1.165) is 54.9 Å². The van der Waals surface area contributed by atoms with E-state index in [1.165, 1.54) is 0 Å². The molecule has 0 aliphatic heterocycles. The summed E-state index contributed by atoms with van der Waals surface area (Å²) in [5.41, 5.74) is 3.80. The molecule has 0 aliphatic rings. The first-order chi connectivity index (χ1) is 15.1. The van der Waals surface area contributed by atoms with Crippen LogP contribution in [0.1, 0.15) is 5.56 Å². The Morgan fingerprint density at radius 3 is 2.42 bits per heavy atom. The van der Waals surface area contributed by atoms with Crippen LogP contribution in [-0.2, 0) is 0 Å². The molecule has 0 unspecified atom stereocenters. The lowest BCUT2D eigenvalue weighted by Gasteiger charge is -2.07. The summed E-state index contributed by atoms with van der Waals surface area (Å²) >= 11 is 1.58. The highest BCUT2D eigenvalue weighted by Gasteiger charge is 2.10. The number of nitrogens with zero attached hydrogens (tertiary/aromatic N) is 2. The van der Waals surface area contributed by atoms with E-state index in [9.17, 15) is 0 Å². The van der Waals surface area contributed by atoms with Crippen molar-refractivity contribution in [2.45, 2.75) is 6.92 Å². The maximum Gasteiger partial charge on any atom is 0.210 e. The van der Waals surface area contributed by atoms with Gasteiger partial charge in [0, 0.05) is 17.0 Å². The highest BCUT2D eigenvalue weighted by molar-refractivity contribution is 7.21. The van der Waals surface area contributed by atoms with Gasteiger partial charge in [0.1, 0.15) is 22.8 Å². The normalized spacial score (nSPS) is 11.9. The summed E-state index contributed by atoms with van der Waals surface area (Å²) in [7, 11) is 3.30. The minimum absolute atomic E-state index is 0.709. The Hall–Kier alpha value is -3.64. The summed E-state index contributed by atoms with van der Waals surface area (Å²) in [6.45, 7) is 2.06. The van der Waals surface area contributed by atoms with E-state index in [1.807, 2.05) is 54.6 Å². The second kappa shape index (κ2) is 7.89. The van der Waals surface area contributed by atoms with Crippen LogP contribution in [0.2, 0.25) is 0 Å². The molecule has 5 nitrogen and oxygen atoms in total. The Kier molecular flexibility index (Phi) is 4.92. The van der Waals surface area contributed by atoms with Gasteiger partial charge in [-0.3, -0.25) is 0 Å². The number of thiazole rings is 1. The number of hydrogen-bond donors (Lipinski definition) is 0. The fourth-order valence-electron chi connectivity index (χ4n) is 3.49. The Morgan fingerprint density at radius 1 is 0.903 bits per heavy atom. The topological polar surface area (TPSA) is 56.9 Å². The summed E-state index contributed by atoms with van der Waals surface area (Å²) in [6, 6.07) is 21.6. The Balaban J connectivity index is 1.74. The summed E-state index contributed by atoms with van der Waals surface area (Å²) in [5.74, 6) is 2.26. The van der Waals surface area contributed by atoms with Gasteiger partial charge >= 0.3 is 0 Å². The minimum Gasteiger partial charge on any atom is -0.497 e. The first-order valence-electron chi connectivity index (χ1n) is 9.82. The maximum atomic E-state index is 6.20. The van der Waals surface area contributed by atoms with Crippen molar-refractivity contribution in [3.05, 3.63) is 77.7 Å². The lowest BCUT2D eigenvalue weighted by molar-refractivity contribution is 0.414. The highest BCUT2D eigenvalue weighted by atomic mass is 32.1. The molecule has 6 heteroatoms. The largest absolute Gasteiger partial charge is 0.497 e. The molecule has 0 N–H and O–H groups in total. The summed E-state index contributed by atoms with van der Waals surface area (Å²) in [4.78, 5) is 9.67. The van der Waals surface area contributed by atoms with E-state index in [0.29, 0.717) is 5.13 Å². The number of fused-ring (bicyclic) bond motifs is 2. The number of methoxy groups -OCH3 is 2. The Labute approximate surface area is 183 Å². The van der Waals surface area contributed by atoms with Crippen LogP contribution in [0, 0.1) is 6.92 Å². The van der Waals surface area contributed by atoms with Gasteiger partial charge in [-0.15, -0.1) is 0 Å². The summed E-state index contributed by atoms with van der Waals surface area (Å²) < 4.78 is 18.0. The van der Waals surface area contributed by atoms with Crippen molar-refractivity contribution in [1.82, 2.24) is 4.98 Å². The molecule has 0 amide bonds. The van der Waals surface area contributed by atoms with Gasteiger partial charge in [-0.05, 0) is 61.0 Å².